The van der Waals surface area contributed by atoms with E-state index in [1.807, 2.05) is 0 Å². The smallest absolute Gasteiger partial charge is 0.306 e. The Hall–Kier alpha value is -1.35. The molecule has 1 aliphatic carbocycles. The maximum absolute atomic E-state index is 11.2. The molecule has 2 atom stereocenters. The molecule has 20 heavy (non-hydrogen) atoms. The molecule has 0 spiro atoms. The average molecular weight is 275 g/mol. The molecule has 0 aromatic heterocycles. The normalized spacial score (nSPS) is 22.6. The van der Waals surface area contributed by atoms with Crippen molar-refractivity contribution in [3.05, 3.63) is 35.4 Å². The summed E-state index contributed by atoms with van der Waals surface area (Å²) in [5, 5.41) is 12.7. The quantitative estimate of drug-likeness (QED) is 0.838. The van der Waals surface area contributed by atoms with Crippen LogP contribution >= 0.6 is 0 Å². The largest absolute Gasteiger partial charge is 0.481 e. The lowest BCUT2D eigenvalue weighted by molar-refractivity contribution is -0.144. The summed E-state index contributed by atoms with van der Waals surface area (Å²) >= 11 is 0. The van der Waals surface area contributed by atoms with Crippen LogP contribution in [-0.2, 0) is 17.8 Å². The summed E-state index contributed by atoms with van der Waals surface area (Å²) in [6, 6.07) is 8.64. The lowest BCUT2D eigenvalue weighted by Gasteiger charge is -2.28. The van der Waals surface area contributed by atoms with Crippen LogP contribution in [0.4, 0.5) is 0 Å². The van der Waals surface area contributed by atoms with Gasteiger partial charge in [0.2, 0.25) is 0 Å². The van der Waals surface area contributed by atoms with E-state index in [1.54, 1.807) is 0 Å². The minimum Gasteiger partial charge on any atom is -0.481 e. The third-order valence-corrected chi connectivity index (χ3v) is 4.39. The maximum atomic E-state index is 11.2. The minimum atomic E-state index is -0.621. The van der Waals surface area contributed by atoms with E-state index < -0.39 is 5.97 Å². The van der Waals surface area contributed by atoms with Crippen molar-refractivity contribution in [3.8, 4) is 0 Å². The fraction of sp³-hybridized carbons (Fsp3) is 0.588. The molecule has 3 nitrogen and oxygen atoms in total. The van der Waals surface area contributed by atoms with Gasteiger partial charge in [-0.05, 0) is 42.9 Å². The van der Waals surface area contributed by atoms with Gasteiger partial charge in [0.15, 0.2) is 0 Å². The van der Waals surface area contributed by atoms with Crippen LogP contribution in [0.5, 0.6) is 0 Å². The minimum absolute atomic E-state index is 0.154. The molecule has 1 fully saturated rings. The van der Waals surface area contributed by atoms with Gasteiger partial charge in [-0.15, -0.1) is 0 Å². The second kappa shape index (κ2) is 7.44. The van der Waals surface area contributed by atoms with E-state index in [2.05, 4.69) is 36.5 Å². The van der Waals surface area contributed by atoms with Crippen LogP contribution < -0.4 is 5.32 Å². The molecule has 0 bridgehead atoms. The molecule has 0 amide bonds. The molecule has 110 valence electrons. The first-order valence-electron chi connectivity index (χ1n) is 7.72. The summed E-state index contributed by atoms with van der Waals surface area (Å²) in [7, 11) is 0. The standard InChI is InChI=1S/C17H25NO2/c1-2-13-7-9-14(10-8-13)11-18-12-15-5-3-4-6-16(15)17(19)20/h7-10,15-16,18H,2-6,11-12H2,1H3,(H,19,20). The van der Waals surface area contributed by atoms with Crippen molar-refractivity contribution >= 4 is 5.97 Å². The Balaban J connectivity index is 1.80. The Kier molecular flexibility index (Phi) is 5.60. The third-order valence-electron chi connectivity index (χ3n) is 4.39. The Morgan fingerprint density at radius 2 is 1.85 bits per heavy atom. The lowest BCUT2D eigenvalue weighted by Crippen LogP contribution is -2.34. The summed E-state index contributed by atoms with van der Waals surface area (Å²) in [5.74, 6) is -0.487. The van der Waals surface area contributed by atoms with E-state index in [-0.39, 0.29) is 11.8 Å². The van der Waals surface area contributed by atoms with Crippen LogP contribution in [-0.4, -0.2) is 17.6 Å². The van der Waals surface area contributed by atoms with Gasteiger partial charge in [0.25, 0.3) is 0 Å². The van der Waals surface area contributed by atoms with Gasteiger partial charge in [0.1, 0.15) is 0 Å². The number of carbonyl (C=O) groups is 1. The Morgan fingerprint density at radius 1 is 1.20 bits per heavy atom. The van der Waals surface area contributed by atoms with Gasteiger partial charge in [-0.1, -0.05) is 44.0 Å². The highest BCUT2D eigenvalue weighted by atomic mass is 16.4. The van der Waals surface area contributed by atoms with E-state index in [4.69, 9.17) is 0 Å². The number of aryl methyl sites for hydroxylation is 1. The molecule has 2 rings (SSSR count). The van der Waals surface area contributed by atoms with Crippen molar-refractivity contribution in [2.75, 3.05) is 6.54 Å². The summed E-state index contributed by atoms with van der Waals surface area (Å²) in [5.41, 5.74) is 2.62. The zero-order chi connectivity index (χ0) is 14.4. The van der Waals surface area contributed by atoms with Gasteiger partial charge in [0, 0.05) is 6.54 Å². The topological polar surface area (TPSA) is 49.3 Å². The fourth-order valence-corrected chi connectivity index (χ4v) is 3.07. The molecule has 0 radical (unpaired) electrons. The summed E-state index contributed by atoms with van der Waals surface area (Å²) < 4.78 is 0. The highest BCUT2D eigenvalue weighted by molar-refractivity contribution is 5.70. The SMILES string of the molecule is CCc1ccc(CNCC2CCCCC2C(=O)O)cc1. The number of benzene rings is 1. The zero-order valence-electron chi connectivity index (χ0n) is 12.3. The monoisotopic (exact) mass is 275 g/mol. The van der Waals surface area contributed by atoms with Crippen LogP contribution in [0.1, 0.15) is 43.7 Å². The number of carboxylic acid groups (broad SMARTS) is 1. The highest BCUT2D eigenvalue weighted by Crippen LogP contribution is 2.29. The predicted octanol–water partition coefficient (Wildman–Crippen LogP) is 3.23. The Labute approximate surface area is 121 Å². The summed E-state index contributed by atoms with van der Waals surface area (Å²) in [6.07, 6.45) is 5.18. The first-order chi connectivity index (χ1) is 9.70. The summed E-state index contributed by atoms with van der Waals surface area (Å²) in [4.78, 5) is 11.2. The lowest BCUT2D eigenvalue weighted by atomic mass is 9.79. The van der Waals surface area contributed by atoms with Gasteiger partial charge >= 0.3 is 5.97 Å². The van der Waals surface area contributed by atoms with E-state index >= 15 is 0 Å². The van der Waals surface area contributed by atoms with Crippen molar-refractivity contribution in [1.82, 2.24) is 5.32 Å². The molecule has 2 unspecified atom stereocenters. The molecule has 0 saturated heterocycles. The van der Waals surface area contributed by atoms with Gasteiger partial charge < -0.3 is 10.4 Å². The number of rotatable bonds is 6. The van der Waals surface area contributed by atoms with Crippen LogP contribution in [0.2, 0.25) is 0 Å². The van der Waals surface area contributed by atoms with Crippen molar-refractivity contribution in [1.29, 1.82) is 0 Å². The molecule has 0 aliphatic heterocycles. The number of aliphatic carboxylic acids is 1. The van der Waals surface area contributed by atoms with Crippen LogP contribution in [0, 0.1) is 11.8 Å². The fourth-order valence-electron chi connectivity index (χ4n) is 3.07. The third kappa shape index (κ3) is 4.07. The van der Waals surface area contributed by atoms with Crippen molar-refractivity contribution in [2.24, 2.45) is 11.8 Å². The molecular weight excluding hydrogens is 250 g/mol. The second-order valence-corrected chi connectivity index (χ2v) is 5.79. The number of carboxylic acids is 1. The number of hydrogen-bond donors (Lipinski definition) is 2. The highest BCUT2D eigenvalue weighted by Gasteiger charge is 2.30. The average Bonchev–Trinajstić information content (AvgIpc) is 2.48. The van der Waals surface area contributed by atoms with Crippen LogP contribution in [0.25, 0.3) is 0 Å². The molecule has 2 N–H and O–H groups in total. The first kappa shape index (κ1) is 15.0. The van der Waals surface area contributed by atoms with E-state index in [9.17, 15) is 9.90 Å². The van der Waals surface area contributed by atoms with Crippen LogP contribution in [0.3, 0.4) is 0 Å². The van der Waals surface area contributed by atoms with Gasteiger partial charge in [-0.25, -0.2) is 0 Å². The molecule has 1 aromatic rings. The number of nitrogens with one attached hydrogen (secondary N) is 1. The van der Waals surface area contributed by atoms with E-state index in [0.717, 1.165) is 38.8 Å². The molecule has 3 heteroatoms. The van der Waals surface area contributed by atoms with E-state index in [1.165, 1.54) is 17.5 Å². The van der Waals surface area contributed by atoms with Crippen molar-refractivity contribution in [3.63, 3.8) is 0 Å². The molecule has 1 aliphatic rings. The number of hydrogen-bond acceptors (Lipinski definition) is 2. The molecule has 1 aromatic carbocycles. The van der Waals surface area contributed by atoms with E-state index in [0.29, 0.717) is 0 Å². The maximum Gasteiger partial charge on any atom is 0.306 e. The predicted molar refractivity (Wildman–Crippen MR) is 80.6 cm³/mol. The molecular formula is C17H25NO2. The van der Waals surface area contributed by atoms with Crippen LogP contribution in [0.15, 0.2) is 24.3 Å². The van der Waals surface area contributed by atoms with Gasteiger partial charge in [-0.3, -0.25) is 4.79 Å². The van der Waals surface area contributed by atoms with Crippen molar-refractivity contribution < 1.29 is 9.90 Å². The first-order valence-corrected chi connectivity index (χ1v) is 7.72. The second-order valence-electron chi connectivity index (χ2n) is 5.79. The molecule has 1 saturated carbocycles. The Bertz CT molecular complexity index is 427. The Morgan fingerprint density at radius 3 is 2.50 bits per heavy atom. The van der Waals surface area contributed by atoms with Gasteiger partial charge in [0.05, 0.1) is 5.92 Å². The molecule has 0 heterocycles. The summed E-state index contributed by atoms with van der Waals surface area (Å²) in [6.45, 7) is 3.79. The zero-order valence-corrected chi connectivity index (χ0v) is 12.3. The van der Waals surface area contributed by atoms with Crippen molar-refractivity contribution in [2.45, 2.75) is 45.6 Å². The van der Waals surface area contributed by atoms with Gasteiger partial charge in [-0.2, -0.15) is 0 Å².